The lowest BCUT2D eigenvalue weighted by molar-refractivity contribution is -0.126. The monoisotopic (exact) mass is 266 g/mol. The SMILES string of the molecule is O=C1NCC(O)CC1NC(=S)Oc1ccccc1. The highest BCUT2D eigenvalue weighted by molar-refractivity contribution is 7.80. The van der Waals surface area contributed by atoms with E-state index in [0.29, 0.717) is 12.2 Å². The van der Waals surface area contributed by atoms with E-state index < -0.39 is 12.1 Å². The summed E-state index contributed by atoms with van der Waals surface area (Å²) in [5, 5.41) is 15.0. The molecule has 0 aliphatic carbocycles. The van der Waals surface area contributed by atoms with Crippen molar-refractivity contribution in [3.05, 3.63) is 30.3 Å². The van der Waals surface area contributed by atoms with Gasteiger partial charge in [0.15, 0.2) is 0 Å². The molecule has 2 rings (SSSR count). The van der Waals surface area contributed by atoms with Crippen molar-refractivity contribution in [2.24, 2.45) is 0 Å². The van der Waals surface area contributed by atoms with Crippen LogP contribution >= 0.6 is 12.2 Å². The van der Waals surface area contributed by atoms with Gasteiger partial charge in [-0.1, -0.05) is 18.2 Å². The molecule has 1 aromatic carbocycles. The summed E-state index contributed by atoms with van der Waals surface area (Å²) in [6.07, 6.45) is -0.232. The second kappa shape index (κ2) is 5.79. The molecule has 2 atom stereocenters. The number of aliphatic hydroxyl groups is 1. The summed E-state index contributed by atoms with van der Waals surface area (Å²) in [4.78, 5) is 11.5. The number of hydrogen-bond donors (Lipinski definition) is 3. The third-order valence-electron chi connectivity index (χ3n) is 2.58. The number of β-amino-alcohol motifs (C(OH)–C–C–N with tert-alkyl or cyclic N) is 1. The lowest BCUT2D eigenvalue weighted by Crippen LogP contribution is -2.55. The van der Waals surface area contributed by atoms with Gasteiger partial charge in [0.1, 0.15) is 11.8 Å². The van der Waals surface area contributed by atoms with E-state index in [1.165, 1.54) is 0 Å². The summed E-state index contributed by atoms with van der Waals surface area (Å²) in [5.41, 5.74) is 0. The number of ether oxygens (including phenoxy) is 1. The molecule has 0 aromatic heterocycles. The van der Waals surface area contributed by atoms with Crippen molar-refractivity contribution in [1.29, 1.82) is 0 Å². The molecule has 5 nitrogen and oxygen atoms in total. The standard InChI is InChI=1S/C12H14N2O3S/c15-8-6-10(11(16)13-7-8)14-12(18)17-9-4-2-1-3-5-9/h1-5,8,10,15H,6-7H2,(H,13,16)(H,14,18). The Morgan fingerprint density at radius 3 is 2.89 bits per heavy atom. The number of nitrogens with one attached hydrogen (secondary N) is 2. The first kappa shape index (κ1) is 12.8. The quantitative estimate of drug-likeness (QED) is 0.667. The van der Waals surface area contributed by atoms with E-state index in [9.17, 15) is 9.90 Å². The number of thiocarbonyl (C=S) groups is 1. The first-order valence-electron chi connectivity index (χ1n) is 5.64. The van der Waals surface area contributed by atoms with Crippen LogP contribution in [-0.4, -0.2) is 34.9 Å². The molecule has 0 saturated carbocycles. The maximum absolute atomic E-state index is 11.5. The number of carbonyl (C=O) groups is 1. The number of carbonyl (C=O) groups excluding carboxylic acids is 1. The summed E-state index contributed by atoms with van der Waals surface area (Å²) in [6.45, 7) is 0.281. The zero-order valence-corrected chi connectivity index (χ0v) is 10.4. The smallest absolute Gasteiger partial charge is 0.262 e. The molecule has 3 N–H and O–H groups in total. The van der Waals surface area contributed by atoms with Crippen molar-refractivity contribution in [2.75, 3.05) is 6.54 Å². The van der Waals surface area contributed by atoms with Crippen LogP contribution < -0.4 is 15.4 Å². The Kier molecular flexibility index (Phi) is 4.11. The Balaban J connectivity index is 1.89. The van der Waals surface area contributed by atoms with Crippen molar-refractivity contribution in [3.8, 4) is 5.75 Å². The molecule has 1 aliphatic rings. The van der Waals surface area contributed by atoms with Gasteiger partial charge >= 0.3 is 0 Å². The highest BCUT2D eigenvalue weighted by Crippen LogP contribution is 2.10. The summed E-state index contributed by atoms with van der Waals surface area (Å²) in [5.74, 6) is 0.422. The lowest BCUT2D eigenvalue weighted by Gasteiger charge is -2.27. The van der Waals surface area contributed by atoms with E-state index >= 15 is 0 Å². The zero-order valence-electron chi connectivity index (χ0n) is 9.63. The maximum Gasteiger partial charge on any atom is 0.262 e. The van der Waals surface area contributed by atoms with Crippen LogP contribution in [0.3, 0.4) is 0 Å². The number of rotatable bonds is 2. The minimum absolute atomic E-state index is 0.121. The van der Waals surface area contributed by atoms with Crippen LogP contribution in [0.25, 0.3) is 0 Å². The van der Waals surface area contributed by atoms with Crippen molar-refractivity contribution < 1.29 is 14.6 Å². The van der Waals surface area contributed by atoms with Crippen molar-refractivity contribution in [1.82, 2.24) is 10.6 Å². The van der Waals surface area contributed by atoms with E-state index in [1.807, 2.05) is 18.2 Å². The Labute approximate surface area is 110 Å². The van der Waals surface area contributed by atoms with Crippen LogP contribution in [-0.2, 0) is 4.79 Å². The molecule has 2 unspecified atom stereocenters. The predicted molar refractivity (Wildman–Crippen MR) is 70.2 cm³/mol. The second-order valence-corrected chi connectivity index (χ2v) is 4.40. The summed E-state index contributed by atoms with van der Waals surface area (Å²) in [7, 11) is 0. The largest absolute Gasteiger partial charge is 0.432 e. The van der Waals surface area contributed by atoms with Gasteiger partial charge in [0.05, 0.1) is 6.10 Å². The molecular formula is C12H14N2O3S. The van der Waals surface area contributed by atoms with Gasteiger partial charge in [0.2, 0.25) is 5.91 Å². The van der Waals surface area contributed by atoms with Gasteiger partial charge in [0, 0.05) is 13.0 Å². The van der Waals surface area contributed by atoms with Crippen molar-refractivity contribution in [2.45, 2.75) is 18.6 Å². The van der Waals surface area contributed by atoms with Crippen molar-refractivity contribution in [3.63, 3.8) is 0 Å². The molecule has 1 aromatic rings. The Bertz CT molecular complexity index is 438. The lowest BCUT2D eigenvalue weighted by atomic mass is 10.0. The Morgan fingerprint density at radius 1 is 1.44 bits per heavy atom. The first-order chi connectivity index (χ1) is 8.65. The van der Waals surface area contributed by atoms with Crippen LogP contribution in [0.1, 0.15) is 6.42 Å². The van der Waals surface area contributed by atoms with Gasteiger partial charge in [-0.25, -0.2) is 0 Å². The molecule has 0 radical (unpaired) electrons. The molecule has 0 spiro atoms. The molecule has 1 aliphatic heterocycles. The number of benzene rings is 1. The van der Waals surface area contributed by atoms with Gasteiger partial charge < -0.3 is 20.5 Å². The molecular weight excluding hydrogens is 252 g/mol. The van der Waals surface area contributed by atoms with Crippen LogP contribution in [0.5, 0.6) is 5.75 Å². The maximum atomic E-state index is 11.5. The average molecular weight is 266 g/mol. The highest BCUT2D eigenvalue weighted by Gasteiger charge is 2.28. The molecule has 0 bridgehead atoms. The molecule has 1 saturated heterocycles. The fraction of sp³-hybridized carbons (Fsp3) is 0.333. The fourth-order valence-corrected chi connectivity index (χ4v) is 1.93. The number of hydrogen-bond acceptors (Lipinski definition) is 4. The minimum atomic E-state index is -0.556. The Morgan fingerprint density at radius 2 is 2.17 bits per heavy atom. The summed E-state index contributed by atoms with van der Waals surface area (Å²) >= 11 is 5.01. The van der Waals surface area contributed by atoms with E-state index in [1.54, 1.807) is 12.1 Å². The molecule has 96 valence electrons. The van der Waals surface area contributed by atoms with Crippen LogP contribution in [0, 0.1) is 0 Å². The van der Waals surface area contributed by atoms with Gasteiger partial charge in [-0.3, -0.25) is 4.79 Å². The van der Waals surface area contributed by atoms with Gasteiger partial charge in [-0.2, -0.15) is 0 Å². The number of amides is 1. The third-order valence-corrected chi connectivity index (χ3v) is 2.78. The van der Waals surface area contributed by atoms with Gasteiger partial charge in [-0.05, 0) is 24.4 Å². The van der Waals surface area contributed by atoms with E-state index in [-0.39, 0.29) is 17.6 Å². The minimum Gasteiger partial charge on any atom is -0.432 e. The highest BCUT2D eigenvalue weighted by atomic mass is 32.1. The second-order valence-electron chi connectivity index (χ2n) is 4.03. The summed E-state index contributed by atoms with van der Waals surface area (Å²) in [6, 6.07) is 8.51. The molecule has 1 amide bonds. The molecule has 1 fully saturated rings. The molecule has 6 heteroatoms. The zero-order chi connectivity index (χ0) is 13.0. The average Bonchev–Trinajstić information content (AvgIpc) is 2.35. The van der Waals surface area contributed by atoms with E-state index in [0.717, 1.165) is 0 Å². The number of piperidine rings is 1. The van der Waals surface area contributed by atoms with Crippen LogP contribution in [0.2, 0.25) is 0 Å². The Hall–Kier alpha value is -1.66. The van der Waals surface area contributed by atoms with Crippen LogP contribution in [0.4, 0.5) is 0 Å². The van der Waals surface area contributed by atoms with E-state index in [2.05, 4.69) is 10.6 Å². The van der Waals surface area contributed by atoms with Gasteiger partial charge in [-0.15, -0.1) is 0 Å². The van der Waals surface area contributed by atoms with E-state index in [4.69, 9.17) is 17.0 Å². The first-order valence-corrected chi connectivity index (χ1v) is 6.05. The number of aliphatic hydroxyl groups excluding tert-OH is 1. The van der Waals surface area contributed by atoms with Gasteiger partial charge in [0.25, 0.3) is 5.17 Å². The molecule has 1 heterocycles. The topological polar surface area (TPSA) is 70.6 Å². The normalized spacial score (nSPS) is 23.1. The summed E-state index contributed by atoms with van der Waals surface area (Å²) < 4.78 is 5.36. The fourth-order valence-electron chi connectivity index (χ4n) is 1.70. The third kappa shape index (κ3) is 3.41. The predicted octanol–water partition coefficient (Wildman–Crippen LogP) is 0.189. The van der Waals surface area contributed by atoms with Crippen LogP contribution in [0.15, 0.2) is 30.3 Å². The number of para-hydroxylation sites is 1. The van der Waals surface area contributed by atoms with Crippen molar-refractivity contribution >= 4 is 23.3 Å². The molecule has 18 heavy (non-hydrogen) atoms.